The Morgan fingerprint density at radius 3 is 2.45 bits per heavy atom. The van der Waals surface area contributed by atoms with Gasteiger partial charge in [0.25, 0.3) is 0 Å². The molecule has 0 spiro atoms. The van der Waals surface area contributed by atoms with Gasteiger partial charge in [-0.05, 0) is 40.6 Å². The van der Waals surface area contributed by atoms with Crippen molar-refractivity contribution in [2.45, 2.75) is 19.4 Å². The van der Waals surface area contributed by atoms with Gasteiger partial charge in [-0.3, -0.25) is 4.99 Å². The van der Waals surface area contributed by atoms with Crippen molar-refractivity contribution in [3.05, 3.63) is 29.8 Å². The van der Waals surface area contributed by atoms with Gasteiger partial charge >= 0.3 is 0 Å². The number of methoxy groups -OCH3 is 2. The Balaban J connectivity index is 0.00000784. The molecule has 0 saturated carbocycles. The first-order chi connectivity index (χ1) is 13.5. The lowest BCUT2D eigenvalue weighted by Crippen LogP contribution is -2.41. The van der Waals surface area contributed by atoms with Gasteiger partial charge in [-0.1, -0.05) is 18.2 Å². The Morgan fingerprint density at radius 2 is 1.83 bits per heavy atom. The highest BCUT2D eigenvalue weighted by molar-refractivity contribution is 14.0. The first kappa shape index (κ1) is 27.9. The molecule has 0 heterocycles. The van der Waals surface area contributed by atoms with Gasteiger partial charge in [-0.15, -0.1) is 24.0 Å². The molecule has 0 aliphatic heterocycles. The summed E-state index contributed by atoms with van der Waals surface area (Å²) < 4.78 is 10.7. The van der Waals surface area contributed by atoms with Crippen LogP contribution in [0.5, 0.6) is 5.75 Å². The second kappa shape index (κ2) is 16.7. The highest BCUT2D eigenvalue weighted by atomic mass is 127. The smallest absolute Gasteiger partial charge is 0.191 e. The van der Waals surface area contributed by atoms with Crippen LogP contribution in [-0.4, -0.2) is 90.5 Å². The van der Waals surface area contributed by atoms with E-state index in [1.165, 1.54) is 0 Å². The van der Waals surface area contributed by atoms with Gasteiger partial charge in [-0.25, -0.2) is 0 Å². The van der Waals surface area contributed by atoms with E-state index < -0.39 is 0 Å². The first-order valence-corrected chi connectivity index (χ1v) is 10.0. The number of hydrogen-bond acceptors (Lipinski definition) is 5. The van der Waals surface area contributed by atoms with E-state index in [0.717, 1.165) is 56.5 Å². The predicted molar refractivity (Wildman–Crippen MR) is 133 cm³/mol. The molecule has 0 aliphatic rings. The average Bonchev–Trinajstić information content (AvgIpc) is 2.68. The molecule has 168 valence electrons. The lowest BCUT2D eigenvalue weighted by atomic mass is 10.0. The van der Waals surface area contributed by atoms with E-state index in [0.29, 0.717) is 6.54 Å². The van der Waals surface area contributed by atoms with Gasteiger partial charge in [0.1, 0.15) is 5.75 Å². The number of aliphatic imine (C=N–C) groups is 1. The number of rotatable bonds is 13. The van der Waals surface area contributed by atoms with Crippen molar-refractivity contribution in [1.29, 1.82) is 0 Å². The van der Waals surface area contributed by atoms with Crippen molar-refractivity contribution >= 4 is 29.9 Å². The van der Waals surface area contributed by atoms with E-state index in [9.17, 15) is 0 Å². The molecule has 29 heavy (non-hydrogen) atoms. The van der Waals surface area contributed by atoms with Gasteiger partial charge in [0.05, 0.1) is 19.7 Å². The molecule has 0 aliphatic carbocycles. The molecule has 1 aromatic rings. The quantitative estimate of drug-likeness (QED) is 0.180. The molecule has 0 radical (unpaired) electrons. The topological polar surface area (TPSA) is 61.4 Å². The maximum absolute atomic E-state index is 5.54. The number of halogens is 1. The van der Waals surface area contributed by atoms with Gasteiger partial charge in [0.15, 0.2) is 5.96 Å². The largest absolute Gasteiger partial charge is 0.496 e. The molecular weight excluding hydrogens is 481 g/mol. The number of nitrogens with one attached hydrogen (secondary N) is 2. The third kappa shape index (κ3) is 11.0. The van der Waals surface area contributed by atoms with Crippen molar-refractivity contribution in [3.8, 4) is 5.75 Å². The molecule has 0 aromatic heterocycles. The van der Waals surface area contributed by atoms with Crippen molar-refractivity contribution in [3.63, 3.8) is 0 Å². The number of ether oxygens (including phenoxy) is 2. The number of nitrogens with zero attached hydrogens (tertiary/aromatic N) is 3. The highest BCUT2D eigenvalue weighted by Crippen LogP contribution is 2.28. The second-order valence-electron chi connectivity index (χ2n) is 7.02. The predicted octanol–water partition coefficient (Wildman–Crippen LogP) is 2.44. The molecule has 1 rings (SSSR count). The molecular formula is C21H40IN5O2. The Kier molecular flexibility index (Phi) is 16.0. The summed E-state index contributed by atoms with van der Waals surface area (Å²) in [5.41, 5.74) is 1.15. The molecule has 0 fully saturated rings. The van der Waals surface area contributed by atoms with Crippen LogP contribution < -0.4 is 15.4 Å². The third-order valence-corrected chi connectivity index (χ3v) is 4.56. The molecule has 0 amide bonds. The fourth-order valence-corrected chi connectivity index (χ4v) is 2.96. The van der Waals surface area contributed by atoms with Crippen LogP contribution in [0.3, 0.4) is 0 Å². The monoisotopic (exact) mass is 521 g/mol. The molecule has 1 atom stereocenters. The van der Waals surface area contributed by atoms with Crippen LogP contribution in [0, 0.1) is 0 Å². The Bertz CT molecular complexity index is 572. The van der Waals surface area contributed by atoms with Gasteiger partial charge in [0, 0.05) is 45.5 Å². The Hall–Kier alpha value is -1.10. The van der Waals surface area contributed by atoms with E-state index in [1.54, 1.807) is 14.2 Å². The van der Waals surface area contributed by atoms with Crippen LogP contribution in [0.1, 0.15) is 24.9 Å². The van der Waals surface area contributed by atoms with E-state index in [2.05, 4.69) is 54.6 Å². The zero-order chi connectivity index (χ0) is 20.8. The lowest BCUT2D eigenvalue weighted by molar-refractivity contribution is 0.180. The van der Waals surface area contributed by atoms with Gasteiger partial charge in [-0.2, -0.15) is 0 Å². The Labute approximate surface area is 194 Å². The van der Waals surface area contributed by atoms with Crippen molar-refractivity contribution < 1.29 is 9.47 Å². The van der Waals surface area contributed by atoms with Crippen LogP contribution in [0.2, 0.25) is 0 Å². The molecule has 2 N–H and O–H groups in total. The van der Waals surface area contributed by atoms with Crippen LogP contribution in [0.25, 0.3) is 0 Å². The minimum atomic E-state index is 0. The normalized spacial score (nSPS) is 12.6. The number of likely N-dealkylation sites (N-methyl/N-ethyl adjacent to an activating group) is 2. The summed E-state index contributed by atoms with van der Waals surface area (Å²) in [4.78, 5) is 9.29. The van der Waals surface area contributed by atoms with E-state index >= 15 is 0 Å². The molecule has 8 heteroatoms. The molecule has 0 bridgehead atoms. The van der Waals surface area contributed by atoms with Gasteiger partial charge < -0.3 is 29.9 Å². The van der Waals surface area contributed by atoms with E-state index in [1.807, 2.05) is 18.2 Å². The first-order valence-electron chi connectivity index (χ1n) is 10.0. The maximum atomic E-state index is 5.54. The van der Waals surface area contributed by atoms with Crippen molar-refractivity contribution in [2.24, 2.45) is 4.99 Å². The average molecular weight is 521 g/mol. The van der Waals surface area contributed by atoms with Crippen LogP contribution in [-0.2, 0) is 4.74 Å². The minimum absolute atomic E-state index is 0. The summed E-state index contributed by atoms with van der Waals surface area (Å²) in [6, 6.07) is 8.28. The molecule has 1 unspecified atom stereocenters. The zero-order valence-corrected chi connectivity index (χ0v) is 21.2. The highest BCUT2D eigenvalue weighted by Gasteiger charge is 2.18. The summed E-state index contributed by atoms with van der Waals surface area (Å²) in [6.45, 7) is 7.19. The van der Waals surface area contributed by atoms with E-state index in [4.69, 9.17) is 14.5 Å². The van der Waals surface area contributed by atoms with Crippen molar-refractivity contribution in [1.82, 2.24) is 20.4 Å². The van der Waals surface area contributed by atoms with Gasteiger partial charge in [0.2, 0.25) is 0 Å². The number of benzene rings is 1. The fourth-order valence-electron chi connectivity index (χ4n) is 2.96. The second-order valence-corrected chi connectivity index (χ2v) is 7.02. The summed E-state index contributed by atoms with van der Waals surface area (Å²) in [7, 11) is 9.73. The lowest BCUT2D eigenvalue weighted by Gasteiger charge is -2.25. The molecule has 7 nitrogen and oxygen atoms in total. The fraction of sp³-hybridized carbons (Fsp3) is 0.667. The van der Waals surface area contributed by atoms with Crippen LogP contribution in [0.4, 0.5) is 0 Å². The van der Waals surface area contributed by atoms with E-state index in [-0.39, 0.29) is 30.0 Å². The minimum Gasteiger partial charge on any atom is -0.496 e. The number of guanidine groups is 1. The van der Waals surface area contributed by atoms with Crippen molar-refractivity contribution in [2.75, 3.05) is 74.7 Å². The summed E-state index contributed by atoms with van der Waals surface area (Å²) in [5.74, 6) is 1.74. The summed E-state index contributed by atoms with van der Waals surface area (Å²) in [6.07, 6.45) is 1.05. The Morgan fingerprint density at radius 1 is 1.10 bits per heavy atom. The van der Waals surface area contributed by atoms with Crippen LogP contribution in [0.15, 0.2) is 29.3 Å². The number of para-hydroxylation sites is 1. The third-order valence-electron chi connectivity index (χ3n) is 4.56. The standard InChI is InChI=1S/C21H39N5O2.HI/c1-7-22-21(23-13-15-26(4)14-10-16-27-5)24-17-19(25(2)3)18-11-8-9-12-20(18)28-6;/h8-9,11-12,19H,7,10,13-17H2,1-6H3,(H2,22,23,24);1H. The maximum Gasteiger partial charge on any atom is 0.191 e. The SMILES string of the molecule is CCNC(=NCC(c1ccccc1OC)N(C)C)NCCN(C)CCCOC.I. The summed E-state index contributed by atoms with van der Waals surface area (Å²) >= 11 is 0. The molecule has 1 aromatic carbocycles. The summed E-state index contributed by atoms with van der Waals surface area (Å²) in [5, 5.41) is 6.77. The number of hydrogen-bond donors (Lipinski definition) is 2. The molecule has 0 saturated heterocycles. The van der Waals surface area contributed by atoms with Crippen LogP contribution >= 0.6 is 24.0 Å². The zero-order valence-electron chi connectivity index (χ0n) is 18.9.